The summed E-state index contributed by atoms with van der Waals surface area (Å²) in [5.74, 6) is 1.01. The quantitative estimate of drug-likeness (QED) is 0.493. The van der Waals surface area contributed by atoms with Crippen LogP contribution in [0.1, 0.15) is 74.2 Å². The van der Waals surface area contributed by atoms with Crippen molar-refractivity contribution in [2.75, 3.05) is 38.2 Å². The first kappa shape index (κ1) is 26.6. The monoisotopic (exact) mass is 510 g/mol. The summed E-state index contributed by atoms with van der Waals surface area (Å²) < 4.78 is 6.37. The number of carbonyl (C=O) groups excluding carboxylic acids is 1. The third-order valence-electron chi connectivity index (χ3n) is 7.29. The second-order valence-corrected chi connectivity index (χ2v) is 10.5. The van der Waals surface area contributed by atoms with Gasteiger partial charge in [0, 0.05) is 37.6 Å². The Hall–Kier alpha value is -2.50. The molecule has 2 heterocycles. The molecule has 0 aromatic heterocycles. The minimum Gasteiger partial charge on any atom is -0.491 e. The standard InChI is InChI=1S/C30H39ClN2O3/c1-3-10-22-17-25(31)12-13-26(22)24-20-33-16-9-7-5-4-6-8-15-32(2)30(35)19-28(34)23-11-14-29(36-21-24)27(33)18-23/h4,6,11-14,17-18,24,28,34H,3,5,7-10,15-16,19-21H2,1-2H3/b6-4+. The average molecular weight is 511 g/mol. The predicted molar refractivity (Wildman–Crippen MR) is 147 cm³/mol. The maximum Gasteiger partial charge on any atom is 0.225 e. The number of aliphatic hydroxyl groups is 1. The van der Waals surface area contributed by atoms with E-state index in [1.807, 2.05) is 31.3 Å². The molecule has 2 bridgehead atoms. The van der Waals surface area contributed by atoms with Gasteiger partial charge < -0.3 is 19.6 Å². The zero-order valence-corrected chi connectivity index (χ0v) is 22.3. The highest BCUT2D eigenvalue weighted by Crippen LogP contribution is 2.38. The predicted octanol–water partition coefficient (Wildman–Crippen LogP) is 6.29. The van der Waals surface area contributed by atoms with Crippen molar-refractivity contribution in [3.8, 4) is 5.75 Å². The summed E-state index contributed by atoms with van der Waals surface area (Å²) in [7, 11) is 1.81. The number of halogens is 1. The molecular weight excluding hydrogens is 472 g/mol. The van der Waals surface area contributed by atoms with E-state index >= 15 is 0 Å². The summed E-state index contributed by atoms with van der Waals surface area (Å²) in [6.07, 6.45) is 9.73. The van der Waals surface area contributed by atoms with Crippen LogP contribution in [0.25, 0.3) is 0 Å². The van der Waals surface area contributed by atoms with Crippen LogP contribution in [0.2, 0.25) is 5.02 Å². The molecule has 4 rings (SSSR count). The third kappa shape index (κ3) is 6.63. The Bertz CT molecular complexity index is 1070. The van der Waals surface area contributed by atoms with Crippen LogP contribution in [0.5, 0.6) is 5.75 Å². The first-order valence-electron chi connectivity index (χ1n) is 13.3. The number of rotatable bonds is 3. The van der Waals surface area contributed by atoms with Crippen LogP contribution in [0.4, 0.5) is 5.69 Å². The number of nitrogens with zero attached hydrogens (tertiary/aromatic N) is 2. The average Bonchev–Trinajstić information content (AvgIpc) is 3.04. The molecule has 2 aromatic carbocycles. The number of aryl methyl sites for hydroxylation is 1. The summed E-state index contributed by atoms with van der Waals surface area (Å²) in [6, 6.07) is 12.1. The highest BCUT2D eigenvalue weighted by molar-refractivity contribution is 6.30. The summed E-state index contributed by atoms with van der Waals surface area (Å²) in [4.78, 5) is 16.8. The van der Waals surface area contributed by atoms with Crippen LogP contribution in [0.15, 0.2) is 48.6 Å². The lowest BCUT2D eigenvalue weighted by atomic mass is 9.92. The number of allylic oxidation sites excluding steroid dienone is 1. The topological polar surface area (TPSA) is 53.0 Å². The van der Waals surface area contributed by atoms with Crippen LogP contribution in [-0.4, -0.2) is 49.2 Å². The van der Waals surface area contributed by atoms with E-state index in [-0.39, 0.29) is 18.2 Å². The van der Waals surface area contributed by atoms with Gasteiger partial charge in [0.1, 0.15) is 5.75 Å². The number of benzene rings is 2. The fraction of sp³-hybridized carbons (Fsp3) is 0.500. The van der Waals surface area contributed by atoms with E-state index in [4.69, 9.17) is 16.3 Å². The van der Waals surface area contributed by atoms with Gasteiger partial charge in [0.15, 0.2) is 0 Å². The van der Waals surface area contributed by atoms with Gasteiger partial charge in [-0.05, 0) is 73.1 Å². The number of amides is 1. The lowest BCUT2D eigenvalue weighted by Crippen LogP contribution is -2.30. The summed E-state index contributed by atoms with van der Waals surface area (Å²) in [5, 5.41) is 11.7. The van der Waals surface area contributed by atoms with E-state index in [1.54, 1.807) is 4.90 Å². The third-order valence-corrected chi connectivity index (χ3v) is 7.53. The van der Waals surface area contributed by atoms with Gasteiger partial charge in [-0.3, -0.25) is 4.79 Å². The Kier molecular flexibility index (Phi) is 9.33. The normalized spacial score (nSPS) is 22.6. The Morgan fingerprint density at radius 3 is 2.75 bits per heavy atom. The van der Waals surface area contributed by atoms with Crippen LogP contribution in [-0.2, 0) is 11.2 Å². The molecule has 0 radical (unpaired) electrons. The molecule has 0 fully saturated rings. The van der Waals surface area contributed by atoms with Gasteiger partial charge in [-0.25, -0.2) is 0 Å². The zero-order chi connectivity index (χ0) is 25.5. The fourth-order valence-corrected chi connectivity index (χ4v) is 5.40. The molecule has 0 saturated heterocycles. The molecule has 1 amide bonds. The van der Waals surface area contributed by atoms with Crippen molar-refractivity contribution in [3.05, 3.63) is 70.3 Å². The largest absolute Gasteiger partial charge is 0.491 e. The molecule has 0 spiro atoms. The van der Waals surface area contributed by atoms with Gasteiger partial charge in [0.25, 0.3) is 0 Å². The van der Waals surface area contributed by atoms with Gasteiger partial charge in [-0.2, -0.15) is 0 Å². The van der Waals surface area contributed by atoms with E-state index in [0.717, 1.165) is 73.6 Å². The number of hydrogen-bond acceptors (Lipinski definition) is 4. The lowest BCUT2D eigenvalue weighted by Gasteiger charge is -2.28. The van der Waals surface area contributed by atoms with Gasteiger partial charge in [-0.1, -0.05) is 49.2 Å². The van der Waals surface area contributed by atoms with Crippen molar-refractivity contribution in [2.45, 2.75) is 63.9 Å². The molecule has 2 unspecified atom stereocenters. The second-order valence-electron chi connectivity index (χ2n) is 10.1. The summed E-state index contributed by atoms with van der Waals surface area (Å²) in [5.41, 5.74) is 4.36. The Morgan fingerprint density at radius 1 is 1.08 bits per heavy atom. The Balaban J connectivity index is 1.65. The van der Waals surface area contributed by atoms with Crippen LogP contribution in [0, 0.1) is 0 Å². The highest BCUT2D eigenvalue weighted by Gasteiger charge is 2.27. The maximum atomic E-state index is 12.7. The lowest BCUT2D eigenvalue weighted by molar-refractivity contribution is -0.132. The molecule has 2 aromatic rings. The molecule has 36 heavy (non-hydrogen) atoms. The SMILES string of the molecule is CCCc1cc(Cl)ccc1C1COc2ccc3cc2N(CCCC/C=C/CCN(C)C(=O)CC3O)C1. The Morgan fingerprint density at radius 2 is 1.92 bits per heavy atom. The molecule has 6 heteroatoms. The molecule has 2 atom stereocenters. The minimum atomic E-state index is -0.845. The molecule has 2 aliphatic rings. The van der Waals surface area contributed by atoms with Gasteiger partial charge in [-0.15, -0.1) is 0 Å². The van der Waals surface area contributed by atoms with E-state index in [1.165, 1.54) is 11.1 Å². The number of ether oxygens (including phenoxy) is 1. The zero-order valence-electron chi connectivity index (χ0n) is 21.6. The number of aliphatic hydroxyl groups excluding tert-OH is 1. The fourth-order valence-electron chi connectivity index (χ4n) is 5.21. The number of hydrogen-bond donors (Lipinski definition) is 1. The summed E-state index contributed by atoms with van der Waals surface area (Å²) in [6.45, 7) is 5.20. The van der Waals surface area contributed by atoms with E-state index in [9.17, 15) is 9.90 Å². The molecule has 2 aliphatic heterocycles. The molecule has 194 valence electrons. The molecular formula is C30H39ClN2O3. The molecule has 0 aliphatic carbocycles. The molecule has 5 nitrogen and oxygen atoms in total. The van der Waals surface area contributed by atoms with Crippen molar-refractivity contribution in [1.29, 1.82) is 0 Å². The summed E-state index contributed by atoms with van der Waals surface area (Å²) >= 11 is 6.34. The first-order valence-corrected chi connectivity index (χ1v) is 13.7. The van der Waals surface area contributed by atoms with Crippen molar-refractivity contribution < 1.29 is 14.6 Å². The Labute approximate surface area is 220 Å². The number of carbonyl (C=O) groups is 1. The van der Waals surface area contributed by atoms with Crippen LogP contribution in [0.3, 0.4) is 0 Å². The van der Waals surface area contributed by atoms with Gasteiger partial charge in [0.05, 0.1) is 24.8 Å². The minimum absolute atomic E-state index is 0.0442. The van der Waals surface area contributed by atoms with Gasteiger partial charge >= 0.3 is 0 Å². The smallest absolute Gasteiger partial charge is 0.225 e. The number of anilines is 1. The highest BCUT2D eigenvalue weighted by atomic mass is 35.5. The van der Waals surface area contributed by atoms with E-state index in [0.29, 0.717) is 13.2 Å². The molecule has 0 saturated carbocycles. The van der Waals surface area contributed by atoms with Gasteiger partial charge in [0.2, 0.25) is 5.91 Å². The second kappa shape index (κ2) is 12.6. The van der Waals surface area contributed by atoms with Crippen molar-refractivity contribution >= 4 is 23.2 Å². The van der Waals surface area contributed by atoms with Crippen molar-refractivity contribution in [2.24, 2.45) is 0 Å². The van der Waals surface area contributed by atoms with E-state index < -0.39 is 6.10 Å². The van der Waals surface area contributed by atoms with Crippen molar-refractivity contribution in [1.82, 2.24) is 4.90 Å². The van der Waals surface area contributed by atoms with Crippen molar-refractivity contribution in [3.63, 3.8) is 0 Å². The molecule has 1 N–H and O–H groups in total. The van der Waals surface area contributed by atoms with Crippen LogP contribution < -0.4 is 9.64 Å². The van der Waals surface area contributed by atoms with Crippen LogP contribution >= 0.6 is 11.6 Å². The van der Waals surface area contributed by atoms with E-state index in [2.05, 4.69) is 36.1 Å². The maximum absolute atomic E-state index is 12.7. The number of fused-ring (bicyclic) bond motifs is 1. The first-order chi connectivity index (χ1) is 17.5.